The molecule has 154 valence electrons. The minimum atomic E-state index is -4.13. The van der Waals surface area contributed by atoms with Crippen LogP contribution in [0.25, 0.3) is 11.0 Å². The van der Waals surface area contributed by atoms with Crippen LogP contribution in [-0.2, 0) is 6.54 Å². The first-order chi connectivity index (χ1) is 13.4. The van der Waals surface area contributed by atoms with Crippen LogP contribution in [-0.4, -0.2) is 76.8 Å². The fourth-order valence-electron chi connectivity index (χ4n) is 3.49. The number of hydrogen-bond donors (Lipinski definition) is 0. The summed E-state index contributed by atoms with van der Waals surface area (Å²) in [6, 6.07) is 3.90. The van der Waals surface area contributed by atoms with Crippen molar-refractivity contribution in [2.75, 3.05) is 45.9 Å². The lowest BCUT2D eigenvalue weighted by molar-refractivity contribution is -0.149. The molecule has 0 N–H and O–H groups in total. The molecule has 10 heteroatoms. The SMILES string of the molecule is FC(F)(F)CN1CCN(CCOc2ccc3c(nnn3CC3CC3)c2Br)CC1. The van der Waals surface area contributed by atoms with Crippen molar-refractivity contribution in [1.29, 1.82) is 0 Å². The largest absolute Gasteiger partial charge is 0.491 e. The van der Waals surface area contributed by atoms with Crippen molar-refractivity contribution in [3.63, 3.8) is 0 Å². The molecule has 0 atom stereocenters. The lowest BCUT2D eigenvalue weighted by Crippen LogP contribution is -2.49. The lowest BCUT2D eigenvalue weighted by Gasteiger charge is -2.34. The third kappa shape index (κ3) is 4.96. The average Bonchev–Trinajstić information content (AvgIpc) is 3.36. The Morgan fingerprint density at radius 3 is 2.50 bits per heavy atom. The van der Waals surface area contributed by atoms with E-state index in [-0.39, 0.29) is 0 Å². The van der Waals surface area contributed by atoms with Crippen molar-refractivity contribution in [2.24, 2.45) is 5.92 Å². The summed E-state index contributed by atoms with van der Waals surface area (Å²) in [4.78, 5) is 3.58. The predicted molar refractivity (Wildman–Crippen MR) is 102 cm³/mol. The minimum Gasteiger partial charge on any atom is -0.491 e. The van der Waals surface area contributed by atoms with Gasteiger partial charge < -0.3 is 4.74 Å². The Morgan fingerprint density at radius 2 is 1.82 bits per heavy atom. The van der Waals surface area contributed by atoms with Crippen molar-refractivity contribution in [1.82, 2.24) is 24.8 Å². The number of nitrogens with zero attached hydrogens (tertiary/aromatic N) is 5. The van der Waals surface area contributed by atoms with Gasteiger partial charge in [-0.15, -0.1) is 5.10 Å². The number of ether oxygens (including phenoxy) is 1. The van der Waals surface area contributed by atoms with Gasteiger partial charge in [0, 0.05) is 39.3 Å². The molecule has 1 aliphatic heterocycles. The van der Waals surface area contributed by atoms with E-state index in [1.807, 2.05) is 16.8 Å². The number of alkyl halides is 3. The number of piperazine rings is 1. The summed E-state index contributed by atoms with van der Waals surface area (Å²) in [7, 11) is 0. The van der Waals surface area contributed by atoms with E-state index in [0.29, 0.717) is 45.1 Å². The van der Waals surface area contributed by atoms with Crippen LogP contribution in [0, 0.1) is 5.92 Å². The second-order valence-electron chi connectivity index (χ2n) is 7.54. The van der Waals surface area contributed by atoms with Gasteiger partial charge in [-0.1, -0.05) is 5.21 Å². The molecule has 0 amide bonds. The number of fused-ring (bicyclic) bond motifs is 1. The topological polar surface area (TPSA) is 46.4 Å². The Hall–Kier alpha value is -1.39. The van der Waals surface area contributed by atoms with Crippen LogP contribution in [0.3, 0.4) is 0 Å². The third-order valence-electron chi connectivity index (χ3n) is 5.25. The lowest BCUT2D eigenvalue weighted by atomic mass is 10.3. The quantitative estimate of drug-likeness (QED) is 0.633. The Labute approximate surface area is 169 Å². The molecule has 28 heavy (non-hydrogen) atoms. The van der Waals surface area contributed by atoms with E-state index in [1.54, 1.807) is 0 Å². The first-order valence-corrected chi connectivity index (χ1v) is 10.3. The van der Waals surface area contributed by atoms with Crippen molar-refractivity contribution < 1.29 is 17.9 Å². The molecule has 0 unspecified atom stereocenters. The maximum atomic E-state index is 12.5. The third-order valence-corrected chi connectivity index (χ3v) is 6.02. The molecule has 2 heterocycles. The van der Waals surface area contributed by atoms with Gasteiger partial charge in [0.1, 0.15) is 17.9 Å². The van der Waals surface area contributed by atoms with Crippen molar-refractivity contribution >= 4 is 27.0 Å². The summed E-state index contributed by atoms with van der Waals surface area (Å²) in [5, 5.41) is 8.53. The van der Waals surface area contributed by atoms with Crippen LogP contribution in [0.4, 0.5) is 13.2 Å². The molecule has 0 radical (unpaired) electrons. The van der Waals surface area contributed by atoms with Gasteiger partial charge in [0.25, 0.3) is 0 Å². The van der Waals surface area contributed by atoms with E-state index in [0.717, 1.165) is 28.0 Å². The first-order valence-electron chi connectivity index (χ1n) is 9.55. The molecule has 0 bridgehead atoms. The maximum Gasteiger partial charge on any atom is 0.401 e. The van der Waals surface area contributed by atoms with E-state index in [2.05, 4.69) is 31.1 Å². The second kappa shape index (κ2) is 8.16. The standard InChI is InChI=1S/C18H23BrF3N5O/c19-16-15(4-3-14-17(16)23-24-27(14)11-13-1-2-13)28-10-9-25-5-7-26(8-6-25)12-18(20,21)22/h3-4,13H,1-2,5-12H2. The predicted octanol–water partition coefficient (Wildman–Crippen LogP) is 3.16. The van der Waals surface area contributed by atoms with Gasteiger partial charge in [-0.3, -0.25) is 9.80 Å². The van der Waals surface area contributed by atoms with Gasteiger partial charge in [-0.05, 0) is 46.8 Å². The van der Waals surface area contributed by atoms with E-state index in [4.69, 9.17) is 4.74 Å². The fourth-order valence-corrected chi connectivity index (χ4v) is 4.02. The molecule has 1 aromatic carbocycles. The Kier molecular flexibility index (Phi) is 5.80. The van der Waals surface area contributed by atoms with E-state index in [9.17, 15) is 13.2 Å². The summed E-state index contributed by atoms with van der Waals surface area (Å²) < 4.78 is 46.0. The van der Waals surface area contributed by atoms with Crippen LogP contribution < -0.4 is 4.74 Å². The Morgan fingerprint density at radius 1 is 1.11 bits per heavy atom. The number of hydrogen-bond acceptors (Lipinski definition) is 5. The highest BCUT2D eigenvalue weighted by molar-refractivity contribution is 9.10. The molecular formula is C18H23BrF3N5O. The number of aromatic nitrogens is 3. The first kappa shape index (κ1) is 19.9. The minimum absolute atomic E-state index is 0.430. The van der Waals surface area contributed by atoms with Crippen LogP contribution in [0.5, 0.6) is 5.75 Å². The normalized spacial score (nSPS) is 19.4. The molecule has 1 aromatic heterocycles. The number of rotatable bonds is 7. The molecular weight excluding hydrogens is 439 g/mol. The summed E-state index contributed by atoms with van der Waals surface area (Å²) in [5.41, 5.74) is 1.78. The number of benzene rings is 1. The Balaban J connectivity index is 1.27. The highest BCUT2D eigenvalue weighted by Gasteiger charge is 2.32. The molecule has 2 aliphatic rings. The molecule has 0 spiro atoms. The van der Waals surface area contributed by atoms with Crippen LogP contribution >= 0.6 is 15.9 Å². The van der Waals surface area contributed by atoms with Crippen molar-refractivity contribution in [3.05, 3.63) is 16.6 Å². The molecule has 4 rings (SSSR count). The van der Waals surface area contributed by atoms with Crippen molar-refractivity contribution in [3.8, 4) is 5.75 Å². The van der Waals surface area contributed by atoms with Gasteiger partial charge in [0.15, 0.2) is 0 Å². The second-order valence-corrected chi connectivity index (χ2v) is 8.33. The zero-order valence-electron chi connectivity index (χ0n) is 15.5. The summed E-state index contributed by atoms with van der Waals surface area (Å²) in [5.74, 6) is 1.43. The van der Waals surface area contributed by atoms with Crippen LogP contribution in [0.15, 0.2) is 16.6 Å². The van der Waals surface area contributed by atoms with Gasteiger partial charge in [-0.25, -0.2) is 4.68 Å². The molecule has 6 nitrogen and oxygen atoms in total. The maximum absolute atomic E-state index is 12.5. The molecule has 1 aliphatic carbocycles. The smallest absolute Gasteiger partial charge is 0.401 e. The van der Waals surface area contributed by atoms with Crippen LogP contribution in [0.1, 0.15) is 12.8 Å². The number of halogens is 4. The molecule has 1 saturated carbocycles. The van der Waals surface area contributed by atoms with Gasteiger partial charge in [0.05, 0.1) is 16.5 Å². The monoisotopic (exact) mass is 461 g/mol. The van der Waals surface area contributed by atoms with Crippen LogP contribution in [0.2, 0.25) is 0 Å². The zero-order chi connectivity index (χ0) is 19.7. The van der Waals surface area contributed by atoms with Crippen molar-refractivity contribution in [2.45, 2.75) is 25.6 Å². The average molecular weight is 462 g/mol. The zero-order valence-corrected chi connectivity index (χ0v) is 17.0. The molecule has 2 aromatic rings. The molecule has 1 saturated heterocycles. The van der Waals surface area contributed by atoms with Gasteiger partial charge >= 0.3 is 6.18 Å². The van der Waals surface area contributed by atoms with E-state index >= 15 is 0 Å². The highest BCUT2D eigenvalue weighted by atomic mass is 79.9. The van der Waals surface area contributed by atoms with Gasteiger partial charge in [0.2, 0.25) is 0 Å². The molecule has 2 fully saturated rings. The van der Waals surface area contributed by atoms with E-state index in [1.165, 1.54) is 17.7 Å². The fraction of sp³-hybridized carbons (Fsp3) is 0.667. The summed E-state index contributed by atoms with van der Waals surface area (Å²) in [6.45, 7) is 3.33. The Bertz CT molecular complexity index is 815. The highest BCUT2D eigenvalue weighted by Crippen LogP contribution is 2.34. The van der Waals surface area contributed by atoms with E-state index < -0.39 is 12.7 Å². The summed E-state index contributed by atoms with van der Waals surface area (Å²) in [6.07, 6.45) is -1.61. The summed E-state index contributed by atoms with van der Waals surface area (Å²) >= 11 is 3.57. The van der Waals surface area contributed by atoms with Gasteiger partial charge in [-0.2, -0.15) is 13.2 Å².